The van der Waals surface area contributed by atoms with Crippen molar-refractivity contribution in [3.8, 4) is 11.8 Å². The van der Waals surface area contributed by atoms with Crippen molar-refractivity contribution in [3.63, 3.8) is 0 Å². The molecule has 214 valence electrons. The van der Waals surface area contributed by atoms with E-state index in [1.54, 1.807) is 31.2 Å². The Morgan fingerprint density at radius 2 is 1.51 bits per heavy atom. The maximum Gasteiger partial charge on any atom is 0.284 e. The van der Waals surface area contributed by atoms with Crippen LogP contribution in [0.3, 0.4) is 0 Å². The Morgan fingerprint density at radius 1 is 0.927 bits per heavy atom. The summed E-state index contributed by atoms with van der Waals surface area (Å²) >= 11 is 0. The summed E-state index contributed by atoms with van der Waals surface area (Å²) in [6, 6.07) is 27.4. The van der Waals surface area contributed by atoms with E-state index < -0.39 is 24.4 Å². The molecular weight excluding hydrogens is 551 g/mol. The zero-order chi connectivity index (χ0) is 29.5. The average Bonchev–Trinajstić information content (AvgIpc) is 3.43. The number of hydrogen-bond donors (Lipinski definition) is 0. The summed E-state index contributed by atoms with van der Waals surface area (Å²) < 4.78 is 41.2. The zero-order valence-electron chi connectivity index (χ0n) is 24.2. The molecule has 0 saturated carbocycles. The van der Waals surface area contributed by atoms with E-state index in [0.717, 1.165) is 20.0 Å². The molecule has 1 unspecified atom stereocenters. The second-order valence-corrected chi connectivity index (χ2v) is 17.0. The van der Waals surface area contributed by atoms with Crippen LogP contribution in [-0.2, 0) is 25.6 Å². The Morgan fingerprint density at radius 3 is 2.05 bits per heavy atom. The fourth-order valence-electron chi connectivity index (χ4n) is 5.00. The monoisotopic (exact) mass is 587 g/mol. The van der Waals surface area contributed by atoms with E-state index in [2.05, 4.69) is 67.2 Å². The molecule has 7 nitrogen and oxygen atoms in total. The first-order valence-corrected chi connectivity index (χ1v) is 16.9. The molecule has 0 bridgehead atoms. The molecule has 1 aromatic heterocycles. The van der Waals surface area contributed by atoms with E-state index in [1.807, 2.05) is 43.3 Å². The highest BCUT2D eigenvalue weighted by atomic mass is 32.2. The molecule has 4 rings (SSSR count). The minimum absolute atomic E-state index is 0.146. The van der Waals surface area contributed by atoms with Gasteiger partial charge in [0, 0.05) is 6.42 Å². The number of benzene rings is 3. The SMILES string of the molecule is CC#CCOC(CO[Si](c1ccccc1)(c1ccccc1)C(C)(C)C)Cc1cnnn1S(=O)(=O)c1ccc(C)cc1. The van der Waals surface area contributed by atoms with Gasteiger partial charge in [0.1, 0.15) is 6.61 Å². The quantitative estimate of drug-likeness (QED) is 0.192. The highest BCUT2D eigenvalue weighted by Crippen LogP contribution is 2.37. The largest absolute Gasteiger partial charge is 0.405 e. The number of ether oxygens (including phenoxy) is 1. The first-order chi connectivity index (χ1) is 19.6. The summed E-state index contributed by atoms with van der Waals surface area (Å²) in [6.45, 7) is 10.7. The van der Waals surface area contributed by atoms with E-state index in [4.69, 9.17) is 9.16 Å². The third kappa shape index (κ3) is 6.68. The van der Waals surface area contributed by atoms with E-state index in [1.165, 1.54) is 6.20 Å². The molecule has 0 radical (unpaired) electrons. The molecule has 0 fully saturated rings. The van der Waals surface area contributed by atoms with E-state index >= 15 is 0 Å². The normalized spacial score (nSPS) is 12.9. The highest BCUT2D eigenvalue weighted by Gasteiger charge is 2.50. The van der Waals surface area contributed by atoms with Gasteiger partial charge in [-0.1, -0.05) is 110 Å². The van der Waals surface area contributed by atoms with Gasteiger partial charge in [0.2, 0.25) is 0 Å². The van der Waals surface area contributed by atoms with Crippen molar-refractivity contribution in [2.75, 3.05) is 13.2 Å². The molecule has 1 atom stereocenters. The lowest BCUT2D eigenvalue weighted by Gasteiger charge is -2.43. The number of nitrogens with zero attached hydrogens (tertiary/aromatic N) is 3. The van der Waals surface area contributed by atoms with E-state index in [0.29, 0.717) is 5.69 Å². The summed E-state index contributed by atoms with van der Waals surface area (Å²) in [6.07, 6.45) is 1.20. The fourth-order valence-corrected chi connectivity index (χ4v) is 10.8. The minimum Gasteiger partial charge on any atom is -0.405 e. The van der Waals surface area contributed by atoms with Crippen LogP contribution in [-0.4, -0.2) is 50.5 Å². The average molecular weight is 588 g/mol. The standard InChI is InChI=1S/C32H37N3O4SSi/c1-6-7-22-38-28(23-27-24-33-34-35(27)40(36,37)29-20-18-26(2)19-21-29)25-39-41(32(3,4)5,30-14-10-8-11-15-30)31-16-12-9-13-17-31/h8-21,24,28H,22-23,25H2,1-5H3. The lowest BCUT2D eigenvalue weighted by Crippen LogP contribution is -2.67. The molecule has 41 heavy (non-hydrogen) atoms. The Bertz CT molecular complexity index is 1550. The van der Waals surface area contributed by atoms with Crippen LogP contribution in [0.15, 0.2) is 96.0 Å². The van der Waals surface area contributed by atoms with Crippen molar-refractivity contribution in [1.29, 1.82) is 0 Å². The lowest BCUT2D eigenvalue weighted by atomic mass is 10.2. The molecule has 4 aromatic rings. The zero-order valence-corrected chi connectivity index (χ0v) is 26.1. The van der Waals surface area contributed by atoms with Gasteiger partial charge < -0.3 is 9.16 Å². The van der Waals surface area contributed by atoms with Crippen molar-refractivity contribution in [1.82, 2.24) is 14.4 Å². The van der Waals surface area contributed by atoms with Crippen LogP contribution in [0.1, 0.15) is 39.0 Å². The number of rotatable bonds is 11. The maximum atomic E-state index is 13.5. The smallest absolute Gasteiger partial charge is 0.284 e. The van der Waals surface area contributed by atoms with Gasteiger partial charge in [0.25, 0.3) is 18.3 Å². The second kappa shape index (κ2) is 13.0. The third-order valence-electron chi connectivity index (χ3n) is 7.04. The van der Waals surface area contributed by atoms with Gasteiger partial charge in [-0.15, -0.1) is 15.1 Å². The van der Waals surface area contributed by atoms with Gasteiger partial charge in [0.05, 0.1) is 29.5 Å². The van der Waals surface area contributed by atoms with Crippen molar-refractivity contribution < 1.29 is 17.6 Å². The van der Waals surface area contributed by atoms with E-state index in [-0.39, 0.29) is 29.6 Å². The van der Waals surface area contributed by atoms with Crippen LogP contribution < -0.4 is 10.4 Å². The third-order valence-corrected chi connectivity index (χ3v) is 13.7. The van der Waals surface area contributed by atoms with Crippen LogP contribution in [0, 0.1) is 18.8 Å². The Balaban J connectivity index is 1.70. The van der Waals surface area contributed by atoms with Gasteiger partial charge in [-0.3, -0.25) is 0 Å². The van der Waals surface area contributed by atoms with Crippen LogP contribution in [0.25, 0.3) is 0 Å². The van der Waals surface area contributed by atoms with Crippen LogP contribution >= 0.6 is 0 Å². The minimum atomic E-state index is -3.94. The molecule has 9 heteroatoms. The highest BCUT2D eigenvalue weighted by molar-refractivity contribution is 7.89. The molecule has 0 aliphatic rings. The first kappa shape index (κ1) is 30.4. The summed E-state index contributed by atoms with van der Waals surface area (Å²) in [4.78, 5) is 0.146. The van der Waals surface area contributed by atoms with Gasteiger partial charge in [0.15, 0.2) is 0 Å². The van der Waals surface area contributed by atoms with E-state index in [9.17, 15) is 8.42 Å². The van der Waals surface area contributed by atoms with Gasteiger partial charge in [-0.2, -0.15) is 8.42 Å². The number of hydrogen-bond acceptors (Lipinski definition) is 6. The summed E-state index contributed by atoms with van der Waals surface area (Å²) in [7, 11) is -6.78. The van der Waals surface area contributed by atoms with Crippen molar-refractivity contribution in [3.05, 3.63) is 102 Å². The lowest BCUT2D eigenvalue weighted by molar-refractivity contribution is 0.0359. The van der Waals surface area contributed by atoms with Crippen molar-refractivity contribution in [2.24, 2.45) is 0 Å². The molecule has 0 amide bonds. The summed E-state index contributed by atoms with van der Waals surface area (Å²) in [5, 5.41) is 9.97. The number of aromatic nitrogens is 3. The van der Waals surface area contributed by atoms with Crippen molar-refractivity contribution >= 4 is 28.7 Å². The van der Waals surface area contributed by atoms with Gasteiger partial charge in [-0.25, -0.2) is 0 Å². The first-order valence-electron chi connectivity index (χ1n) is 13.6. The molecule has 0 N–H and O–H groups in total. The molecule has 0 aliphatic carbocycles. The Kier molecular flexibility index (Phi) is 9.61. The topological polar surface area (TPSA) is 83.3 Å². The summed E-state index contributed by atoms with van der Waals surface area (Å²) in [5.74, 6) is 5.81. The van der Waals surface area contributed by atoms with Crippen LogP contribution in [0.4, 0.5) is 0 Å². The molecule has 0 aliphatic heterocycles. The molecule has 1 heterocycles. The van der Waals surface area contributed by atoms with Gasteiger partial charge >= 0.3 is 0 Å². The van der Waals surface area contributed by atoms with Crippen LogP contribution in [0.2, 0.25) is 5.04 Å². The Labute approximate surface area is 244 Å². The molecule has 0 saturated heterocycles. The molecule has 3 aromatic carbocycles. The van der Waals surface area contributed by atoms with Gasteiger partial charge in [-0.05, 0) is 41.4 Å². The predicted molar refractivity (Wildman–Crippen MR) is 164 cm³/mol. The predicted octanol–water partition coefficient (Wildman–Crippen LogP) is 4.35. The Hall–Kier alpha value is -3.55. The second-order valence-electron chi connectivity index (χ2n) is 10.9. The molecule has 0 spiro atoms. The fraction of sp³-hybridized carbons (Fsp3) is 0.312. The van der Waals surface area contributed by atoms with Crippen LogP contribution in [0.5, 0.6) is 0 Å². The number of aryl methyl sites for hydroxylation is 1. The summed E-state index contributed by atoms with van der Waals surface area (Å²) in [5.41, 5.74) is 1.37. The maximum absolute atomic E-state index is 13.5. The van der Waals surface area contributed by atoms with Crippen molar-refractivity contribution in [2.45, 2.75) is 57.1 Å². The molecular formula is C32H37N3O4SSi.